The highest BCUT2D eigenvalue weighted by Gasteiger charge is 2.33. The van der Waals surface area contributed by atoms with Gasteiger partial charge in [-0.1, -0.05) is 6.92 Å². The van der Waals surface area contributed by atoms with Crippen LogP contribution in [0.2, 0.25) is 0 Å². The molecule has 17 heavy (non-hydrogen) atoms. The first-order chi connectivity index (χ1) is 7.92. The van der Waals surface area contributed by atoms with Crippen LogP contribution in [0, 0.1) is 5.92 Å². The van der Waals surface area contributed by atoms with Crippen LogP contribution in [-0.4, -0.2) is 43.2 Å². The summed E-state index contributed by atoms with van der Waals surface area (Å²) in [6.45, 7) is 2.44. The predicted molar refractivity (Wildman–Crippen MR) is 58.5 cm³/mol. The van der Waals surface area contributed by atoms with Crippen molar-refractivity contribution < 1.29 is 18.0 Å². The summed E-state index contributed by atoms with van der Waals surface area (Å²) >= 11 is 0. The number of amides is 1. The van der Waals surface area contributed by atoms with Gasteiger partial charge in [0.1, 0.15) is 0 Å². The predicted octanol–water partition coefficient (Wildman–Crippen LogP) is 1.79. The molecule has 6 heteroatoms. The van der Waals surface area contributed by atoms with Crippen LogP contribution >= 0.6 is 0 Å². The minimum Gasteiger partial charge on any atom is -0.356 e. The lowest BCUT2D eigenvalue weighted by atomic mass is 9.96. The van der Waals surface area contributed by atoms with Gasteiger partial charge in [0, 0.05) is 12.5 Å². The number of hydrogen-bond acceptors (Lipinski definition) is 2. The van der Waals surface area contributed by atoms with E-state index in [0.717, 1.165) is 6.42 Å². The standard InChI is InChI=1S/C11H19F3N2O/c1-2-5-15-10(17)9-3-6-16(7-4-9)8-11(12,13)14/h9H,2-8H2,1H3,(H,15,17). The Balaban J connectivity index is 2.28. The monoisotopic (exact) mass is 252 g/mol. The van der Waals surface area contributed by atoms with E-state index in [2.05, 4.69) is 5.32 Å². The zero-order valence-electron chi connectivity index (χ0n) is 10.0. The van der Waals surface area contributed by atoms with E-state index in [1.165, 1.54) is 4.90 Å². The van der Waals surface area contributed by atoms with E-state index >= 15 is 0 Å². The Labute approximate surface area is 99.4 Å². The fourth-order valence-electron chi connectivity index (χ4n) is 2.00. The second-order valence-corrected chi connectivity index (χ2v) is 4.46. The summed E-state index contributed by atoms with van der Waals surface area (Å²) in [7, 11) is 0. The molecule has 0 atom stereocenters. The van der Waals surface area contributed by atoms with Crippen LogP contribution in [0.4, 0.5) is 13.2 Å². The zero-order valence-corrected chi connectivity index (χ0v) is 10.0. The number of hydrogen-bond donors (Lipinski definition) is 1. The first-order valence-corrected chi connectivity index (χ1v) is 5.99. The van der Waals surface area contributed by atoms with Gasteiger partial charge in [-0.3, -0.25) is 9.69 Å². The molecule has 1 saturated heterocycles. The minimum absolute atomic E-state index is 0.0153. The Morgan fingerprint density at radius 2 is 1.94 bits per heavy atom. The molecule has 1 aliphatic heterocycles. The molecular weight excluding hydrogens is 233 g/mol. The Morgan fingerprint density at radius 1 is 1.35 bits per heavy atom. The maximum Gasteiger partial charge on any atom is 0.401 e. The molecule has 1 fully saturated rings. The molecule has 0 saturated carbocycles. The van der Waals surface area contributed by atoms with Gasteiger partial charge in [-0.2, -0.15) is 13.2 Å². The molecular formula is C11H19F3N2O. The number of nitrogens with zero attached hydrogens (tertiary/aromatic N) is 1. The first-order valence-electron chi connectivity index (χ1n) is 5.99. The van der Waals surface area contributed by atoms with Crippen molar-refractivity contribution in [2.75, 3.05) is 26.2 Å². The summed E-state index contributed by atoms with van der Waals surface area (Å²) in [5.74, 6) is -0.135. The van der Waals surface area contributed by atoms with Crippen LogP contribution in [0.3, 0.4) is 0 Å². The summed E-state index contributed by atoms with van der Waals surface area (Å²) in [6, 6.07) is 0. The molecule has 0 bridgehead atoms. The van der Waals surface area contributed by atoms with Crippen LogP contribution in [0.1, 0.15) is 26.2 Å². The van der Waals surface area contributed by atoms with E-state index in [4.69, 9.17) is 0 Å². The molecule has 0 aromatic heterocycles. The van der Waals surface area contributed by atoms with Crippen molar-refractivity contribution in [2.24, 2.45) is 5.92 Å². The number of carbonyl (C=O) groups is 1. The van der Waals surface area contributed by atoms with Gasteiger partial charge < -0.3 is 5.32 Å². The van der Waals surface area contributed by atoms with Crippen molar-refractivity contribution in [3.8, 4) is 0 Å². The average molecular weight is 252 g/mol. The van der Waals surface area contributed by atoms with Crippen LogP contribution in [-0.2, 0) is 4.79 Å². The van der Waals surface area contributed by atoms with E-state index in [-0.39, 0.29) is 11.8 Å². The maximum atomic E-state index is 12.1. The number of likely N-dealkylation sites (tertiary alicyclic amines) is 1. The number of nitrogens with one attached hydrogen (secondary N) is 1. The molecule has 1 amide bonds. The Kier molecular flexibility index (Phi) is 5.24. The summed E-state index contributed by atoms with van der Waals surface area (Å²) in [6.07, 6.45) is -2.23. The molecule has 0 unspecified atom stereocenters. The number of rotatable bonds is 4. The van der Waals surface area contributed by atoms with Crippen molar-refractivity contribution in [2.45, 2.75) is 32.4 Å². The zero-order chi connectivity index (χ0) is 12.9. The van der Waals surface area contributed by atoms with Gasteiger partial charge in [0.15, 0.2) is 0 Å². The highest BCUT2D eigenvalue weighted by atomic mass is 19.4. The van der Waals surface area contributed by atoms with Crippen molar-refractivity contribution >= 4 is 5.91 Å². The van der Waals surface area contributed by atoms with E-state index in [1.807, 2.05) is 6.92 Å². The molecule has 3 nitrogen and oxygen atoms in total. The Morgan fingerprint density at radius 3 is 2.41 bits per heavy atom. The molecule has 0 radical (unpaired) electrons. The lowest BCUT2D eigenvalue weighted by Crippen LogP contribution is -2.43. The molecule has 0 aromatic rings. The minimum atomic E-state index is -4.14. The van der Waals surface area contributed by atoms with E-state index in [0.29, 0.717) is 32.5 Å². The van der Waals surface area contributed by atoms with Gasteiger partial charge in [0.2, 0.25) is 5.91 Å². The topological polar surface area (TPSA) is 32.3 Å². The number of halogens is 3. The summed E-state index contributed by atoms with van der Waals surface area (Å²) < 4.78 is 36.4. The molecule has 1 N–H and O–H groups in total. The number of carbonyl (C=O) groups excluding carboxylic acids is 1. The fraction of sp³-hybridized carbons (Fsp3) is 0.909. The Bertz CT molecular complexity index is 248. The second kappa shape index (κ2) is 6.23. The van der Waals surface area contributed by atoms with Crippen LogP contribution in [0.15, 0.2) is 0 Å². The SMILES string of the molecule is CCCNC(=O)C1CCN(CC(F)(F)F)CC1. The molecule has 0 aromatic carbocycles. The number of alkyl halides is 3. The van der Waals surface area contributed by atoms with Crippen LogP contribution in [0.5, 0.6) is 0 Å². The fourth-order valence-corrected chi connectivity index (χ4v) is 2.00. The van der Waals surface area contributed by atoms with E-state index < -0.39 is 12.7 Å². The van der Waals surface area contributed by atoms with Crippen molar-refractivity contribution in [3.63, 3.8) is 0 Å². The van der Waals surface area contributed by atoms with Gasteiger partial charge in [0.05, 0.1) is 6.54 Å². The van der Waals surface area contributed by atoms with Gasteiger partial charge in [-0.05, 0) is 32.4 Å². The smallest absolute Gasteiger partial charge is 0.356 e. The van der Waals surface area contributed by atoms with Crippen molar-refractivity contribution in [1.82, 2.24) is 10.2 Å². The largest absolute Gasteiger partial charge is 0.401 e. The van der Waals surface area contributed by atoms with Gasteiger partial charge in [-0.15, -0.1) is 0 Å². The Hall–Kier alpha value is -0.780. The molecule has 1 aliphatic rings. The summed E-state index contributed by atoms with van der Waals surface area (Å²) in [4.78, 5) is 13.0. The van der Waals surface area contributed by atoms with Gasteiger partial charge in [-0.25, -0.2) is 0 Å². The van der Waals surface area contributed by atoms with E-state index in [1.54, 1.807) is 0 Å². The quantitative estimate of drug-likeness (QED) is 0.827. The second-order valence-electron chi connectivity index (χ2n) is 4.46. The average Bonchev–Trinajstić information content (AvgIpc) is 2.24. The summed E-state index contributed by atoms with van der Waals surface area (Å²) in [5.41, 5.74) is 0. The molecule has 0 aliphatic carbocycles. The lowest BCUT2D eigenvalue weighted by molar-refractivity contribution is -0.149. The van der Waals surface area contributed by atoms with Crippen LogP contribution < -0.4 is 5.32 Å². The van der Waals surface area contributed by atoms with E-state index in [9.17, 15) is 18.0 Å². The molecule has 0 spiro atoms. The molecule has 1 rings (SSSR count). The first kappa shape index (κ1) is 14.3. The molecule has 100 valence electrons. The lowest BCUT2D eigenvalue weighted by Gasteiger charge is -2.31. The van der Waals surface area contributed by atoms with Gasteiger partial charge in [0.25, 0.3) is 0 Å². The highest BCUT2D eigenvalue weighted by molar-refractivity contribution is 5.78. The summed E-state index contributed by atoms with van der Waals surface area (Å²) in [5, 5.41) is 2.79. The third-order valence-corrected chi connectivity index (χ3v) is 2.91. The van der Waals surface area contributed by atoms with Gasteiger partial charge >= 0.3 is 6.18 Å². The maximum absolute atomic E-state index is 12.1. The normalized spacial score (nSPS) is 19.3. The van der Waals surface area contributed by atoms with Crippen LogP contribution in [0.25, 0.3) is 0 Å². The van der Waals surface area contributed by atoms with Crippen molar-refractivity contribution in [1.29, 1.82) is 0 Å². The van der Waals surface area contributed by atoms with Crippen molar-refractivity contribution in [3.05, 3.63) is 0 Å². The molecule has 1 heterocycles. The number of piperidine rings is 1. The third kappa shape index (κ3) is 5.39. The third-order valence-electron chi connectivity index (χ3n) is 2.91. The highest BCUT2D eigenvalue weighted by Crippen LogP contribution is 2.22.